The number of benzene rings is 1. The summed E-state index contributed by atoms with van der Waals surface area (Å²) in [6, 6.07) is 6.81. The van der Waals surface area contributed by atoms with Crippen molar-refractivity contribution in [3.05, 3.63) is 35.6 Å². The van der Waals surface area contributed by atoms with Gasteiger partial charge in [0, 0.05) is 26.7 Å². The fraction of sp³-hybridized carbons (Fsp3) is 0.588. The van der Waals surface area contributed by atoms with Crippen molar-refractivity contribution < 1.29 is 4.39 Å². The number of hydrogen-bond donors (Lipinski definition) is 1. The second-order valence-corrected chi connectivity index (χ2v) is 6.38. The van der Waals surface area contributed by atoms with Gasteiger partial charge in [-0.2, -0.15) is 0 Å². The lowest BCUT2D eigenvalue weighted by atomic mass is 9.68. The Labute approximate surface area is 126 Å². The van der Waals surface area contributed by atoms with Crippen LogP contribution in [0.25, 0.3) is 0 Å². The highest BCUT2D eigenvalue weighted by molar-refractivity contribution is 5.80. The van der Waals surface area contributed by atoms with Crippen LogP contribution in [0.3, 0.4) is 0 Å². The van der Waals surface area contributed by atoms with Crippen molar-refractivity contribution in [3.63, 3.8) is 0 Å². The quantitative estimate of drug-likeness (QED) is 0.684. The minimum absolute atomic E-state index is 0.164. The molecule has 2 fully saturated rings. The highest BCUT2D eigenvalue weighted by atomic mass is 19.1. The Morgan fingerprint density at radius 3 is 2.86 bits per heavy atom. The van der Waals surface area contributed by atoms with Gasteiger partial charge in [0.15, 0.2) is 5.96 Å². The van der Waals surface area contributed by atoms with Gasteiger partial charge in [0.25, 0.3) is 0 Å². The number of halogens is 1. The zero-order valence-electron chi connectivity index (χ0n) is 12.7. The standard InChI is InChI=1S/C17H24FN3/c1-19-16(21-11-9-17(13-21)7-3-8-17)20-10-6-14-4-2-5-15(18)12-14/h2,4-5,12H,3,6-11,13H2,1H3,(H,19,20). The van der Waals surface area contributed by atoms with Crippen LogP contribution in [0.15, 0.2) is 29.3 Å². The normalized spacial score (nSPS) is 20.7. The Balaban J connectivity index is 1.49. The van der Waals surface area contributed by atoms with Gasteiger partial charge in [-0.05, 0) is 48.8 Å². The largest absolute Gasteiger partial charge is 0.356 e. The Morgan fingerprint density at radius 2 is 2.24 bits per heavy atom. The first-order chi connectivity index (χ1) is 10.2. The van der Waals surface area contributed by atoms with Gasteiger partial charge in [0.2, 0.25) is 0 Å². The van der Waals surface area contributed by atoms with Crippen LogP contribution < -0.4 is 5.32 Å². The summed E-state index contributed by atoms with van der Waals surface area (Å²) in [4.78, 5) is 6.78. The van der Waals surface area contributed by atoms with Crippen molar-refractivity contribution in [2.75, 3.05) is 26.7 Å². The maximum Gasteiger partial charge on any atom is 0.193 e. The lowest BCUT2D eigenvalue weighted by Gasteiger charge is -2.38. The van der Waals surface area contributed by atoms with Gasteiger partial charge in [0.1, 0.15) is 5.82 Å². The summed E-state index contributed by atoms with van der Waals surface area (Å²) in [6.07, 6.45) is 6.26. The molecule has 0 atom stereocenters. The Kier molecular flexibility index (Phi) is 4.13. The molecule has 1 saturated heterocycles. The molecule has 0 radical (unpaired) electrons. The lowest BCUT2D eigenvalue weighted by Crippen LogP contribution is -2.43. The predicted octanol–water partition coefficient (Wildman–Crippen LogP) is 2.82. The molecule has 0 unspecified atom stereocenters. The van der Waals surface area contributed by atoms with Crippen LogP contribution in [0.4, 0.5) is 4.39 Å². The van der Waals surface area contributed by atoms with Gasteiger partial charge in [0.05, 0.1) is 0 Å². The molecule has 1 aliphatic heterocycles. The number of aliphatic imine (C=N–C) groups is 1. The van der Waals surface area contributed by atoms with Gasteiger partial charge >= 0.3 is 0 Å². The van der Waals surface area contributed by atoms with Gasteiger partial charge in [-0.15, -0.1) is 0 Å². The lowest BCUT2D eigenvalue weighted by molar-refractivity contribution is 0.151. The molecule has 1 aliphatic carbocycles. The molecule has 21 heavy (non-hydrogen) atoms. The van der Waals surface area contributed by atoms with E-state index >= 15 is 0 Å². The molecule has 1 aromatic carbocycles. The number of nitrogens with zero attached hydrogens (tertiary/aromatic N) is 2. The SMILES string of the molecule is CN=C(NCCc1cccc(F)c1)N1CCC2(CCC2)C1. The summed E-state index contributed by atoms with van der Waals surface area (Å²) < 4.78 is 13.1. The van der Waals surface area contributed by atoms with Crippen LogP contribution in [0, 0.1) is 11.2 Å². The van der Waals surface area contributed by atoms with Gasteiger partial charge < -0.3 is 10.2 Å². The topological polar surface area (TPSA) is 27.6 Å². The molecule has 2 aliphatic rings. The number of likely N-dealkylation sites (tertiary alicyclic amines) is 1. The molecule has 1 spiro atoms. The minimum atomic E-state index is -0.164. The van der Waals surface area contributed by atoms with E-state index in [0.717, 1.165) is 37.6 Å². The van der Waals surface area contributed by atoms with Gasteiger partial charge in [-0.1, -0.05) is 18.6 Å². The van der Waals surface area contributed by atoms with E-state index in [2.05, 4.69) is 15.2 Å². The Morgan fingerprint density at radius 1 is 1.38 bits per heavy atom. The molecule has 0 amide bonds. The molecular formula is C17H24FN3. The van der Waals surface area contributed by atoms with Crippen molar-refractivity contribution in [1.29, 1.82) is 0 Å². The first-order valence-electron chi connectivity index (χ1n) is 7.91. The number of guanidine groups is 1. The van der Waals surface area contributed by atoms with Crippen molar-refractivity contribution >= 4 is 5.96 Å². The first kappa shape index (κ1) is 14.4. The third-order valence-electron chi connectivity index (χ3n) is 4.95. The molecule has 1 aromatic rings. The van der Waals surface area contributed by atoms with Crippen molar-refractivity contribution in [2.24, 2.45) is 10.4 Å². The highest BCUT2D eigenvalue weighted by Gasteiger charge is 2.43. The van der Waals surface area contributed by atoms with E-state index in [9.17, 15) is 4.39 Å². The summed E-state index contributed by atoms with van der Waals surface area (Å²) in [5.41, 5.74) is 1.61. The molecule has 1 N–H and O–H groups in total. The molecule has 1 heterocycles. The second-order valence-electron chi connectivity index (χ2n) is 6.38. The second kappa shape index (κ2) is 6.04. The summed E-state index contributed by atoms with van der Waals surface area (Å²) in [7, 11) is 1.84. The minimum Gasteiger partial charge on any atom is -0.356 e. The number of rotatable bonds is 3. The molecule has 3 nitrogen and oxygen atoms in total. The third kappa shape index (κ3) is 3.20. The average Bonchev–Trinajstić information content (AvgIpc) is 2.89. The van der Waals surface area contributed by atoms with Crippen molar-refractivity contribution in [3.8, 4) is 0 Å². The summed E-state index contributed by atoms with van der Waals surface area (Å²) in [6.45, 7) is 3.05. The monoisotopic (exact) mass is 289 g/mol. The number of hydrogen-bond acceptors (Lipinski definition) is 1. The summed E-state index contributed by atoms with van der Waals surface area (Å²) >= 11 is 0. The summed E-state index contributed by atoms with van der Waals surface area (Å²) in [5.74, 6) is 0.832. The fourth-order valence-electron chi connectivity index (χ4n) is 3.54. The van der Waals surface area contributed by atoms with Crippen molar-refractivity contribution in [1.82, 2.24) is 10.2 Å². The molecule has 114 valence electrons. The van der Waals surface area contributed by atoms with E-state index in [1.807, 2.05) is 13.1 Å². The van der Waals surface area contributed by atoms with E-state index in [1.165, 1.54) is 31.7 Å². The van der Waals surface area contributed by atoms with Crippen molar-refractivity contribution in [2.45, 2.75) is 32.1 Å². The maximum atomic E-state index is 13.1. The van der Waals surface area contributed by atoms with E-state index in [4.69, 9.17) is 0 Å². The van der Waals surface area contributed by atoms with Crippen LogP contribution in [-0.2, 0) is 6.42 Å². The zero-order chi connectivity index (χ0) is 14.7. The first-order valence-corrected chi connectivity index (χ1v) is 7.91. The van der Waals surface area contributed by atoms with Crippen LogP contribution in [0.2, 0.25) is 0 Å². The maximum absolute atomic E-state index is 13.1. The van der Waals surface area contributed by atoms with Gasteiger partial charge in [-0.3, -0.25) is 4.99 Å². The molecule has 4 heteroatoms. The smallest absolute Gasteiger partial charge is 0.193 e. The molecule has 0 aromatic heterocycles. The van der Waals surface area contributed by atoms with E-state index in [0.29, 0.717) is 5.41 Å². The number of nitrogens with one attached hydrogen (secondary N) is 1. The summed E-state index contributed by atoms with van der Waals surface area (Å²) in [5, 5.41) is 3.42. The zero-order valence-corrected chi connectivity index (χ0v) is 12.7. The van der Waals surface area contributed by atoms with Crippen LogP contribution >= 0.6 is 0 Å². The molecule has 3 rings (SSSR count). The fourth-order valence-corrected chi connectivity index (χ4v) is 3.54. The van der Waals surface area contributed by atoms with Crippen LogP contribution in [0.5, 0.6) is 0 Å². The highest BCUT2D eigenvalue weighted by Crippen LogP contribution is 2.47. The third-order valence-corrected chi connectivity index (χ3v) is 4.95. The van der Waals surface area contributed by atoms with Gasteiger partial charge in [-0.25, -0.2) is 4.39 Å². The Bertz CT molecular complexity index is 523. The average molecular weight is 289 g/mol. The molecule has 0 bridgehead atoms. The van der Waals surface area contributed by atoms with E-state index in [-0.39, 0.29) is 5.82 Å². The Hall–Kier alpha value is -1.58. The molecule has 1 saturated carbocycles. The van der Waals surface area contributed by atoms with E-state index < -0.39 is 0 Å². The van der Waals surface area contributed by atoms with E-state index in [1.54, 1.807) is 12.1 Å². The predicted molar refractivity (Wildman–Crippen MR) is 83.9 cm³/mol. The van der Waals surface area contributed by atoms with Crippen LogP contribution in [-0.4, -0.2) is 37.5 Å². The molecular weight excluding hydrogens is 265 g/mol. The van der Waals surface area contributed by atoms with Crippen LogP contribution in [0.1, 0.15) is 31.2 Å².